The maximum absolute atomic E-state index is 12.2. The second-order valence-electron chi connectivity index (χ2n) is 8.81. The third kappa shape index (κ3) is 4.54. The summed E-state index contributed by atoms with van der Waals surface area (Å²) in [6.45, 7) is 4.48. The fraction of sp³-hybridized carbons (Fsp3) is 0.333. The Morgan fingerprint density at radius 3 is 2.61 bits per heavy atom. The van der Waals surface area contributed by atoms with Crippen molar-refractivity contribution in [1.82, 2.24) is 4.98 Å². The predicted octanol–water partition coefficient (Wildman–Crippen LogP) is 2.59. The number of aromatic nitrogens is 1. The van der Waals surface area contributed by atoms with Crippen molar-refractivity contribution in [2.75, 3.05) is 6.61 Å². The number of ether oxygens (including phenoxy) is 1. The zero-order valence-corrected chi connectivity index (χ0v) is 21.4. The van der Waals surface area contributed by atoms with Gasteiger partial charge in [-0.3, -0.25) is 0 Å². The van der Waals surface area contributed by atoms with Crippen LogP contribution in [0.3, 0.4) is 0 Å². The molecule has 0 bridgehead atoms. The molecule has 164 valence electrons. The molecule has 33 heavy (non-hydrogen) atoms. The molecule has 5 rings (SSSR count). The Bertz CT molecular complexity index is 1320. The minimum atomic E-state index is -1.25. The molecule has 0 N–H and O–H groups in total. The number of aryl methyl sites for hydroxylation is 2. The van der Waals surface area contributed by atoms with Crippen molar-refractivity contribution in [3.05, 3.63) is 59.2 Å². The number of carboxylic acid groups (broad SMARTS) is 1. The van der Waals surface area contributed by atoms with Crippen molar-refractivity contribution < 1.29 is 48.6 Å². The largest absolute Gasteiger partial charge is 1.00 e. The van der Waals surface area contributed by atoms with Gasteiger partial charge in [-0.25, -0.2) is 4.98 Å². The minimum absolute atomic E-state index is 0. The minimum Gasteiger partial charge on any atom is -0.545 e. The standard InChI is InChI=1S/C27H27NO4.Na/c1-16-12-13-23(31-15-18-8-4-3-5-9-18)24-20(27(29)30)14-21(28-25(16)24)26-17(2)19-10-6-7-11-22(19)32-26;/h6-7,10-14,18H,3-5,8-9,15H2,1-2H3,(H,29,30);/q;+1/p-1. The summed E-state index contributed by atoms with van der Waals surface area (Å²) < 4.78 is 12.2. The van der Waals surface area contributed by atoms with Crippen LogP contribution >= 0.6 is 0 Å². The molecule has 0 unspecified atom stereocenters. The number of rotatable bonds is 5. The second kappa shape index (κ2) is 9.88. The van der Waals surface area contributed by atoms with E-state index in [1.807, 2.05) is 50.2 Å². The molecule has 4 aromatic rings. The Morgan fingerprint density at radius 2 is 1.88 bits per heavy atom. The smallest absolute Gasteiger partial charge is 0.545 e. The first-order chi connectivity index (χ1) is 15.5. The van der Waals surface area contributed by atoms with Crippen LogP contribution in [0, 0.1) is 19.8 Å². The van der Waals surface area contributed by atoms with Gasteiger partial charge in [0.1, 0.15) is 17.0 Å². The number of pyridine rings is 1. The van der Waals surface area contributed by atoms with Crippen molar-refractivity contribution in [3.63, 3.8) is 0 Å². The van der Waals surface area contributed by atoms with E-state index in [1.54, 1.807) is 6.07 Å². The zero-order chi connectivity index (χ0) is 22.2. The summed E-state index contributed by atoms with van der Waals surface area (Å²) in [6, 6.07) is 13.1. The summed E-state index contributed by atoms with van der Waals surface area (Å²) in [6.07, 6.45) is 6.06. The Hall–Kier alpha value is -2.34. The number of fused-ring (bicyclic) bond motifs is 2. The number of aromatic carboxylic acids is 1. The Morgan fingerprint density at radius 1 is 1.12 bits per heavy atom. The van der Waals surface area contributed by atoms with Crippen LogP contribution in [0.1, 0.15) is 53.6 Å². The number of furan rings is 1. The van der Waals surface area contributed by atoms with Gasteiger partial charge < -0.3 is 19.1 Å². The summed E-state index contributed by atoms with van der Waals surface area (Å²) in [5.74, 6) is 0.386. The molecule has 2 aromatic heterocycles. The topological polar surface area (TPSA) is 75.4 Å². The van der Waals surface area contributed by atoms with E-state index in [1.165, 1.54) is 19.3 Å². The number of carboxylic acids is 1. The Labute approximate surface area is 215 Å². The normalized spacial score (nSPS) is 14.4. The quantitative estimate of drug-likeness (QED) is 0.436. The number of hydrogen-bond acceptors (Lipinski definition) is 5. The molecule has 1 aliphatic carbocycles. The molecule has 0 atom stereocenters. The van der Waals surface area contributed by atoms with Gasteiger partial charge in [-0.05, 0) is 56.4 Å². The van der Waals surface area contributed by atoms with Gasteiger partial charge in [-0.2, -0.15) is 0 Å². The van der Waals surface area contributed by atoms with Crippen LogP contribution in [0.15, 0.2) is 46.9 Å². The van der Waals surface area contributed by atoms with Gasteiger partial charge in [0.25, 0.3) is 0 Å². The SMILES string of the molecule is Cc1c(-c2cc(C(=O)[O-])c3c(OCC4CCCCC4)ccc(C)c3n2)oc2ccccc12.[Na+]. The van der Waals surface area contributed by atoms with Crippen molar-refractivity contribution in [1.29, 1.82) is 0 Å². The van der Waals surface area contributed by atoms with E-state index in [0.29, 0.717) is 40.6 Å². The summed E-state index contributed by atoms with van der Waals surface area (Å²) in [5.41, 5.74) is 3.72. The summed E-state index contributed by atoms with van der Waals surface area (Å²) >= 11 is 0. The number of nitrogens with zero attached hydrogens (tertiary/aromatic N) is 1. The molecular weight excluding hydrogens is 425 g/mol. The average Bonchev–Trinajstić information content (AvgIpc) is 3.15. The number of carbonyl (C=O) groups excluding carboxylic acids is 1. The van der Waals surface area contributed by atoms with Gasteiger partial charge in [0.15, 0.2) is 5.76 Å². The first-order valence-corrected chi connectivity index (χ1v) is 11.3. The number of para-hydroxylation sites is 1. The van der Waals surface area contributed by atoms with Crippen LogP contribution < -0.4 is 39.4 Å². The van der Waals surface area contributed by atoms with Gasteiger partial charge in [0.05, 0.1) is 23.5 Å². The van der Waals surface area contributed by atoms with Gasteiger partial charge in [0.2, 0.25) is 0 Å². The van der Waals surface area contributed by atoms with E-state index in [9.17, 15) is 9.90 Å². The molecule has 1 fully saturated rings. The van der Waals surface area contributed by atoms with E-state index in [-0.39, 0.29) is 35.1 Å². The fourth-order valence-electron chi connectivity index (χ4n) is 4.82. The van der Waals surface area contributed by atoms with Crippen molar-refractivity contribution in [2.24, 2.45) is 5.92 Å². The van der Waals surface area contributed by atoms with Crippen LogP contribution in [0.5, 0.6) is 5.75 Å². The number of hydrogen-bond donors (Lipinski definition) is 0. The molecule has 1 aliphatic rings. The first-order valence-electron chi connectivity index (χ1n) is 11.3. The average molecular weight is 451 g/mol. The maximum Gasteiger partial charge on any atom is 1.00 e. The number of carbonyl (C=O) groups is 1. The maximum atomic E-state index is 12.2. The Kier molecular flexibility index (Phi) is 7.13. The van der Waals surface area contributed by atoms with Crippen LogP contribution in [0.2, 0.25) is 0 Å². The van der Waals surface area contributed by atoms with Gasteiger partial charge in [0, 0.05) is 16.5 Å². The van der Waals surface area contributed by atoms with Crippen LogP contribution in [0.4, 0.5) is 0 Å². The molecule has 1 saturated carbocycles. The number of benzene rings is 2. The van der Waals surface area contributed by atoms with Gasteiger partial charge in [-0.15, -0.1) is 0 Å². The van der Waals surface area contributed by atoms with E-state index >= 15 is 0 Å². The fourth-order valence-corrected chi connectivity index (χ4v) is 4.82. The third-order valence-electron chi connectivity index (χ3n) is 6.62. The summed E-state index contributed by atoms with van der Waals surface area (Å²) in [5, 5.41) is 13.7. The molecule has 0 amide bonds. The molecule has 0 spiro atoms. The summed E-state index contributed by atoms with van der Waals surface area (Å²) in [4.78, 5) is 17.0. The first kappa shape index (κ1) is 23.8. The van der Waals surface area contributed by atoms with E-state index in [0.717, 1.165) is 34.9 Å². The van der Waals surface area contributed by atoms with E-state index < -0.39 is 5.97 Å². The van der Waals surface area contributed by atoms with Crippen molar-refractivity contribution >= 4 is 27.8 Å². The Balaban J connectivity index is 0.00000259. The van der Waals surface area contributed by atoms with Crippen molar-refractivity contribution in [2.45, 2.75) is 46.0 Å². The van der Waals surface area contributed by atoms with Crippen molar-refractivity contribution in [3.8, 4) is 17.2 Å². The molecule has 0 radical (unpaired) electrons. The monoisotopic (exact) mass is 451 g/mol. The predicted molar refractivity (Wildman–Crippen MR) is 123 cm³/mol. The van der Waals surface area contributed by atoms with E-state index in [2.05, 4.69) is 0 Å². The second-order valence-corrected chi connectivity index (χ2v) is 8.81. The third-order valence-corrected chi connectivity index (χ3v) is 6.62. The molecule has 6 heteroatoms. The molecular formula is C27H26NNaO4. The summed E-state index contributed by atoms with van der Waals surface area (Å²) in [7, 11) is 0. The molecule has 0 saturated heterocycles. The zero-order valence-electron chi connectivity index (χ0n) is 19.4. The van der Waals surface area contributed by atoms with Crippen LogP contribution in [-0.2, 0) is 0 Å². The van der Waals surface area contributed by atoms with Crippen LogP contribution in [0.25, 0.3) is 33.3 Å². The molecule has 5 nitrogen and oxygen atoms in total. The molecule has 0 aliphatic heterocycles. The molecule has 2 aromatic carbocycles. The van der Waals surface area contributed by atoms with Crippen LogP contribution in [-0.4, -0.2) is 17.6 Å². The van der Waals surface area contributed by atoms with Gasteiger partial charge in [-0.1, -0.05) is 43.5 Å². The van der Waals surface area contributed by atoms with Gasteiger partial charge >= 0.3 is 29.6 Å². The van der Waals surface area contributed by atoms with E-state index in [4.69, 9.17) is 14.1 Å². The molecule has 2 heterocycles.